The Bertz CT molecular complexity index is 997. The smallest absolute Gasteiger partial charge is 0.180 e. The Balaban J connectivity index is 1.71. The molecule has 2 heterocycles. The summed E-state index contributed by atoms with van der Waals surface area (Å²) in [5.74, 6) is 1.54. The zero-order valence-corrected chi connectivity index (χ0v) is 14.7. The molecule has 0 radical (unpaired) electrons. The molecule has 124 valence electrons. The molecule has 1 aliphatic rings. The summed E-state index contributed by atoms with van der Waals surface area (Å²) in [6, 6.07) is 14.2. The van der Waals surface area contributed by atoms with Gasteiger partial charge >= 0.3 is 0 Å². The van der Waals surface area contributed by atoms with Crippen LogP contribution in [0.25, 0.3) is 11.0 Å². The van der Waals surface area contributed by atoms with E-state index in [1.54, 1.807) is 43.1 Å². The van der Waals surface area contributed by atoms with E-state index < -0.39 is 9.84 Å². The van der Waals surface area contributed by atoms with Crippen LogP contribution in [-0.4, -0.2) is 36.6 Å². The molecule has 0 saturated carbocycles. The Kier molecular flexibility index (Phi) is 3.77. The number of nitrogens with zero attached hydrogens (tertiary/aromatic N) is 2. The molecule has 1 aliphatic heterocycles. The minimum absolute atomic E-state index is 0.0779. The number of rotatable bonds is 4. The summed E-state index contributed by atoms with van der Waals surface area (Å²) < 4.78 is 32.7. The number of hydrogen-bond donors (Lipinski definition) is 0. The quantitative estimate of drug-likeness (QED) is 0.715. The number of thioether (sulfide) groups is 1. The maximum absolute atomic E-state index is 12.7. The molecule has 0 fully saturated rings. The normalized spacial score (nSPS) is 17.1. The SMILES string of the molecule is COc1ccc2c(c1)nc1n2[C@H](CS(=O)(=O)c2ccccc2)CS1. The van der Waals surface area contributed by atoms with Crippen LogP contribution in [0.2, 0.25) is 0 Å². The lowest BCUT2D eigenvalue weighted by atomic mass is 10.3. The van der Waals surface area contributed by atoms with Gasteiger partial charge in [-0.15, -0.1) is 0 Å². The highest BCUT2D eigenvalue weighted by atomic mass is 32.2. The van der Waals surface area contributed by atoms with Gasteiger partial charge in [0.25, 0.3) is 0 Å². The molecule has 0 amide bonds. The van der Waals surface area contributed by atoms with Crippen LogP contribution in [0, 0.1) is 0 Å². The van der Waals surface area contributed by atoms with Crippen LogP contribution in [0.1, 0.15) is 6.04 Å². The largest absolute Gasteiger partial charge is 0.497 e. The van der Waals surface area contributed by atoms with E-state index in [1.165, 1.54) is 0 Å². The molecule has 0 bridgehead atoms. The Labute approximate surface area is 144 Å². The van der Waals surface area contributed by atoms with Gasteiger partial charge in [-0.25, -0.2) is 13.4 Å². The highest BCUT2D eigenvalue weighted by molar-refractivity contribution is 7.99. The Hall–Kier alpha value is -1.99. The molecular formula is C17H16N2O3S2. The fourth-order valence-electron chi connectivity index (χ4n) is 2.98. The van der Waals surface area contributed by atoms with E-state index in [2.05, 4.69) is 4.98 Å². The third kappa shape index (κ3) is 2.57. The maximum atomic E-state index is 12.7. The third-order valence-electron chi connectivity index (χ3n) is 4.15. The zero-order valence-electron chi connectivity index (χ0n) is 13.0. The summed E-state index contributed by atoms with van der Waals surface area (Å²) in [5, 5.41) is 0.867. The van der Waals surface area contributed by atoms with Gasteiger partial charge < -0.3 is 9.30 Å². The van der Waals surface area contributed by atoms with Crippen molar-refractivity contribution in [1.82, 2.24) is 9.55 Å². The summed E-state index contributed by atoms with van der Waals surface area (Å²) in [6.45, 7) is 0. The summed E-state index contributed by atoms with van der Waals surface area (Å²) in [5.41, 5.74) is 1.78. The number of ether oxygens (including phenoxy) is 1. The number of imidazole rings is 1. The van der Waals surface area contributed by atoms with Crippen molar-refractivity contribution in [2.75, 3.05) is 18.6 Å². The number of aromatic nitrogens is 2. The number of methoxy groups -OCH3 is 1. The highest BCUT2D eigenvalue weighted by Gasteiger charge is 2.31. The molecule has 0 saturated heterocycles. The highest BCUT2D eigenvalue weighted by Crippen LogP contribution is 2.38. The van der Waals surface area contributed by atoms with E-state index in [0.29, 0.717) is 4.90 Å². The topological polar surface area (TPSA) is 61.2 Å². The Morgan fingerprint density at radius 1 is 1.25 bits per heavy atom. The van der Waals surface area contributed by atoms with Gasteiger partial charge in [-0.1, -0.05) is 30.0 Å². The lowest BCUT2D eigenvalue weighted by Crippen LogP contribution is -2.19. The van der Waals surface area contributed by atoms with Crippen molar-refractivity contribution >= 4 is 32.6 Å². The van der Waals surface area contributed by atoms with Gasteiger partial charge in [0, 0.05) is 11.8 Å². The van der Waals surface area contributed by atoms with Crippen molar-refractivity contribution in [3.63, 3.8) is 0 Å². The average molecular weight is 360 g/mol. The van der Waals surface area contributed by atoms with Gasteiger partial charge in [0.15, 0.2) is 15.0 Å². The lowest BCUT2D eigenvalue weighted by molar-refractivity contribution is 0.415. The van der Waals surface area contributed by atoms with E-state index in [9.17, 15) is 8.42 Å². The molecule has 0 spiro atoms. The summed E-state index contributed by atoms with van der Waals surface area (Å²) >= 11 is 1.60. The van der Waals surface area contributed by atoms with Crippen molar-refractivity contribution in [2.45, 2.75) is 16.1 Å². The molecule has 2 aromatic carbocycles. The van der Waals surface area contributed by atoms with Crippen LogP contribution in [0.5, 0.6) is 5.75 Å². The average Bonchev–Trinajstić information content (AvgIpc) is 3.14. The minimum atomic E-state index is -3.33. The first kappa shape index (κ1) is 15.5. The number of fused-ring (bicyclic) bond motifs is 3. The van der Waals surface area contributed by atoms with Crippen LogP contribution >= 0.6 is 11.8 Å². The third-order valence-corrected chi connectivity index (χ3v) is 7.06. The monoisotopic (exact) mass is 360 g/mol. The standard InChI is InChI=1S/C17H16N2O3S2/c1-22-13-7-8-16-15(9-13)18-17-19(16)12(10-23-17)11-24(20,21)14-5-3-2-4-6-14/h2-9,12H,10-11H2,1H3/t12-/m0/s1. The number of benzene rings is 2. The van der Waals surface area contributed by atoms with E-state index in [-0.39, 0.29) is 11.8 Å². The summed E-state index contributed by atoms with van der Waals surface area (Å²) in [4.78, 5) is 4.98. The predicted molar refractivity (Wildman–Crippen MR) is 94.5 cm³/mol. The Morgan fingerprint density at radius 2 is 2.04 bits per heavy atom. The van der Waals surface area contributed by atoms with E-state index in [0.717, 1.165) is 27.7 Å². The molecular weight excluding hydrogens is 344 g/mol. The van der Waals surface area contributed by atoms with Gasteiger partial charge in [-0.05, 0) is 24.3 Å². The first-order chi connectivity index (χ1) is 11.6. The van der Waals surface area contributed by atoms with Crippen LogP contribution in [-0.2, 0) is 9.84 Å². The molecule has 24 heavy (non-hydrogen) atoms. The fraction of sp³-hybridized carbons (Fsp3) is 0.235. The second-order valence-electron chi connectivity index (χ2n) is 5.68. The Morgan fingerprint density at radius 3 is 2.79 bits per heavy atom. The molecule has 5 nitrogen and oxygen atoms in total. The maximum Gasteiger partial charge on any atom is 0.180 e. The minimum Gasteiger partial charge on any atom is -0.497 e. The fourth-order valence-corrected chi connectivity index (χ4v) is 5.83. The molecule has 1 aromatic heterocycles. The lowest BCUT2D eigenvalue weighted by Gasteiger charge is -2.14. The summed E-state index contributed by atoms with van der Waals surface area (Å²) in [6.07, 6.45) is 0. The van der Waals surface area contributed by atoms with Crippen molar-refractivity contribution in [3.05, 3.63) is 48.5 Å². The first-order valence-electron chi connectivity index (χ1n) is 7.55. The molecule has 4 rings (SSSR count). The van der Waals surface area contributed by atoms with E-state index in [1.807, 2.05) is 28.8 Å². The van der Waals surface area contributed by atoms with Gasteiger partial charge in [0.1, 0.15) is 5.75 Å². The van der Waals surface area contributed by atoms with Crippen molar-refractivity contribution in [3.8, 4) is 5.75 Å². The predicted octanol–water partition coefficient (Wildman–Crippen LogP) is 3.17. The number of hydrogen-bond acceptors (Lipinski definition) is 5. The van der Waals surface area contributed by atoms with Crippen molar-refractivity contribution in [1.29, 1.82) is 0 Å². The molecule has 0 unspecified atom stereocenters. The molecule has 3 aromatic rings. The van der Waals surface area contributed by atoms with Crippen molar-refractivity contribution < 1.29 is 13.2 Å². The van der Waals surface area contributed by atoms with Crippen LogP contribution < -0.4 is 4.74 Å². The van der Waals surface area contributed by atoms with Crippen molar-refractivity contribution in [2.24, 2.45) is 0 Å². The van der Waals surface area contributed by atoms with E-state index >= 15 is 0 Å². The first-order valence-corrected chi connectivity index (χ1v) is 10.2. The molecule has 0 aliphatic carbocycles. The molecule has 1 atom stereocenters. The van der Waals surface area contributed by atoms with Gasteiger partial charge in [0.2, 0.25) is 0 Å². The zero-order chi connectivity index (χ0) is 16.7. The molecule has 0 N–H and O–H groups in total. The number of sulfone groups is 1. The molecule has 7 heteroatoms. The summed E-state index contributed by atoms with van der Waals surface area (Å²) in [7, 11) is -1.71. The van der Waals surface area contributed by atoms with E-state index in [4.69, 9.17) is 4.74 Å². The second-order valence-corrected chi connectivity index (χ2v) is 8.70. The second kappa shape index (κ2) is 5.82. The van der Waals surface area contributed by atoms with Crippen LogP contribution in [0.3, 0.4) is 0 Å². The van der Waals surface area contributed by atoms with Crippen LogP contribution in [0.4, 0.5) is 0 Å². The van der Waals surface area contributed by atoms with Crippen LogP contribution in [0.15, 0.2) is 58.6 Å². The van der Waals surface area contributed by atoms with Gasteiger partial charge in [-0.2, -0.15) is 0 Å². The van der Waals surface area contributed by atoms with Gasteiger partial charge in [0.05, 0.1) is 34.8 Å². The van der Waals surface area contributed by atoms with Gasteiger partial charge in [-0.3, -0.25) is 0 Å².